The van der Waals surface area contributed by atoms with Gasteiger partial charge in [-0.3, -0.25) is 9.59 Å². The summed E-state index contributed by atoms with van der Waals surface area (Å²) in [5, 5.41) is 5.55. The number of hydrogen-bond donors (Lipinski definition) is 2. The third-order valence-electron chi connectivity index (χ3n) is 4.82. The molecule has 1 saturated heterocycles. The van der Waals surface area contributed by atoms with Gasteiger partial charge < -0.3 is 20.1 Å². The van der Waals surface area contributed by atoms with E-state index in [9.17, 15) is 14.4 Å². The second kappa shape index (κ2) is 10.2. The Kier molecular flexibility index (Phi) is 7.37. The maximum absolute atomic E-state index is 12.8. The lowest BCUT2D eigenvalue weighted by Crippen LogP contribution is -2.38. The number of halogens is 1. The number of anilines is 1. The van der Waals surface area contributed by atoms with Crippen molar-refractivity contribution in [1.29, 1.82) is 0 Å². The number of aryl methyl sites for hydroxylation is 1. The van der Waals surface area contributed by atoms with Crippen molar-refractivity contribution in [2.45, 2.75) is 20.3 Å². The molecule has 168 valence electrons. The Morgan fingerprint density at radius 1 is 1.19 bits per heavy atom. The molecule has 1 aliphatic heterocycles. The molecule has 0 aromatic heterocycles. The number of hydrogen-bond acceptors (Lipinski definition) is 5. The molecular weight excluding hydrogens is 434 g/mol. The Hall–Kier alpha value is -3.52. The van der Waals surface area contributed by atoms with Gasteiger partial charge in [0.05, 0.1) is 18.7 Å². The first kappa shape index (κ1) is 23.1. The maximum Gasteiger partial charge on any atom is 0.329 e. The fraction of sp³-hybridized carbons (Fsp3) is 0.261. The smallest absolute Gasteiger partial charge is 0.329 e. The van der Waals surface area contributed by atoms with E-state index in [0.29, 0.717) is 34.4 Å². The van der Waals surface area contributed by atoms with E-state index in [2.05, 4.69) is 10.6 Å². The van der Waals surface area contributed by atoms with Crippen LogP contribution in [0.2, 0.25) is 5.02 Å². The van der Waals surface area contributed by atoms with Gasteiger partial charge in [0.1, 0.15) is 12.2 Å². The van der Waals surface area contributed by atoms with Crippen LogP contribution < -0.4 is 20.1 Å². The lowest BCUT2D eigenvalue weighted by Gasteiger charge is -2.13. The first-order valence-corrected chi connectivity index (χ1v) is 10.5. The van der Waals surface area contributed by atoms with Crippen LogP contribution in [0.5, 0.6) is 11.5 Å². The summed E-state index contributed by atoms with van der Waals surface area (Å²) in [6, 6.07) is 9.86. The number of methoxy groups -OCH3 is 1. The fourth-order valence-electron chi connectivity index (χ4n) is 3.24. The van der Waals surface area contributed by atoms with Crippen molar-refractivity contribution in [2.24, 2.45) is 0 Å². The Balaban J connectivity index is 1.77. The van der Waals surface area contributed by atoms with E-state index < -0.39 is 24.4 Å². The molecular formula is C23H24ClN3O5. The molecule has 2 N–H and O–H groups in total. The van der Waals surface area contributed by atoms with Gasteiger partial charge in [0, 0.05) is 11.8 Å². The Morgan fingerprint density at radius 2 is 1.94 bits per heavy atom. The molecule has 0 spiro atoms. The first-order valence-electron chi connectivity index (χ1n) is 10.1. The molecule has 1 aliphatic rings. The van der Waals surface area contributed by atoms with Crippen molar-refractivity contribution >= 4 is 41.2 Å². The molecule has 2 aromatic carbocycles. The molecule has 1 heterocycles. The number of benzene rings is 2. The van der Waals surface area contributed by atoms with Crippen molar-refractivity contribution in [3.63, 3.8) is 0 Å². The van der Waals surface area contributed by atoms with Crippen molar-refractivity contribution in [1.82, 2.24) is 10.2 Å². The molecule has 32 heavy (non-hydrogen) atoms. The number of rotatable bonds is 8. The van der Waals surface area contributed by atoms with E-state index in [0.717, 1.165) is 16.9 Å². The van der Waals surface area contributed by atoms with Crippen LogP contribution in [0.4, 0.5) is 10.5 Å². The van der Waals surface area contributed by atoms with Gasteiger partial charge in [-0.05, 0) is 42.7 Å². The average molecular weight is 458 g/mol. The van der Waals surface area contributed by atoms with Crippen LogP contribution in [0.15, 0.2) is 42.1 Å². The third kappa shape index (κ3) is 5.03. The van der Waals surface area contributed by atoms with Gasteiger partial charge in [0.25, 0.3) is 5.91 Å². The molecule has 0 unspecified atom stereocenters. The molecule has 0 radical (unpaired) electrons. The minimum atomic E-state index is -0.686. The highest BCUT2D eigenvalue weighted by molar-refractivity contribution is 6.32. The second-order valence-electron chi connectivity index (χ2n) is 6.90. The number of carbonyl (C=O) groups is 3. The number of ether oxygens (including phenoxy) is 2. The summed E-state index contributed by atoms with van der Waals surface area (Å²) in [7, 11) is 1.49. The van der Waals surface area contributed by atoms with Crippen molar-refractivity contribution in [3.8, 4) is 11.5 Å². The van der Waals surface area contributed by atoms with Gasteiger partial charge >= 0.3 is 6.03 Å². The highest BCUT2D eigenvalue weighted by Crippen LogP contribution is 2.34. The van der Waals surface area contributed by atoms with E-state index >= 15 is 0 Å². The summed E-state index contributed by atoms with van der Waals surface area (Å²) in [6.07, 6.45) is 2.17. The van der Waals surface area contributed by atoms with Crippen LogP contribution in [0, 0.1) is 0 Å². The Labute approximate surface area is 191 Å². The predicted octanol–water partition coefficient (Wildman–Crippen LogP) is 3.84. The van der Waals surface area contributed by atoms with Gasteiger partial charge in [0.15, 0.2) is 11.5 Å². The largest absolute Gasteiger partial charge is 0.493 e. The zero-order valence-electron chi connectivity index (χ0n) is 18.0. The van der Waals surface area contributed by atoms with E-state index in [1.54, 1.807) is 24.3 Å². The summed E-state index contributed by atoms with van der Waals surface area (Å²) in [5.41, 5.74) is 2.07. The molecule has 0 bridgehead atoms. The Morgan fingerprint density at radius 3 is 2.62 bits per heavy atom. The highest BCUT2D eigenvalue weighted by atomic mass is 35.5. The SMILES string of the molecule is CCOc1cc(Cl)c(/C=C2/NC(=O)N(CC(=O)Nc3ccccc3CC)C2=O)cc1OC. The van der Waals surface area contributed by atoms with Crippen LogP contribution in [0.1, 0.15) is 25.0 Å². The molecule has 0 saturated carbocycles. The lowest BCUT2D eigenvalue weighted by molar-refractivity contribution is -0.127. The topological polar surface area (TPSA) is 97.0 Å². The first-order chi connectivity index (χ1) is 15.4. The van der Waals surface area contributed by atoms with Crippen LogP contribution in [0.25, 0.3) is 6.08 Å². The zero-order valence-corrected chi connectivity index (χ0v) is 18.8. The van der Waals surface area contributed by atoms with E-state index in [1.807, 2.05) is 26.0 Å². The van der Waals surface area contributed by atoms with Gasteiger partial charge in [0.2, 0.25) is 5.91 Å². The average Bonchev–Trinajstić information content (AvgIpc) is 3.03. The summed E-state index contributed by atoms with van der Waals surface area (Å²) in [6.45, 7) is 3.82. The van der Waals surface area contributed by atoms with Gasteiger partial charge in [-0.25, -0.2) is 9.69 Å². The summed E-state index contributed by atoms with van der Waals surface area (Å²) in [5.74, 6) is -0.199. The molecule has 8 nitrogen and oxygen atoms in total. The summed E-state index contributed by atoms with van der Waals surface area (Å²) >= 11 is 6.31. The number of para-hydroxylation sites is 1. The molecule has 1 fully saturated rings. The molecule has 0 atom stereocenters. The molecule has 3 rings (SSSR count). The molecule has 4 amide bonds. The number of urea groups is 1. The Bertz CT molecular complexity index is 1080. The normalized spacial score (nSPS) is 14.5. The van der Waals surface area contributed by atoms with Crippen molar-refractivity contribution in [3.05, 3.63) is 58.2 Å². The van der Waals surface area contributed by atoms with E-state index in [4.69, 9.17) is 21.1 Å². The van der Waals surface area contributed by atoms with E-state index in [-0.39, 0.29) is 5.70 Å². The number of imide groups is 1. The summed E-state index contributed by atoms with van der Waals surface area (Å²) < 4.78 is 10.8. The number of nitrogens with one attached hydrogen (secondary N) is 2. The molecule has 2 aromatic rings. The maximum atomic E-state index is 12.8. The van der Waals surface area contributed by atoms with Crippen LogP contribution in [-0.2, 0) is 16.0 Å². The van der Waals surface area contributed by atoms with Gasteiger partial charge in [-0.1, -0.05) is 36.7 Å². The standard InChI is InChI=1S/C23H24ClN3O5/c1-4-14-8-6-7-9-17(14)25-21(28)13-27-22(29)18(26-23(27)30)10-15-11-19(31-3)20(32-5-2)12-16(15)24/h6-12H,4-5,13H2,1-3H3,(H,25,28)(H,26,30)/b18-10+. The molecule has 9 heteroatoms. The van der Waals surface area contributed by atoms with Gasteiger partial charge in [-0.2, -0.15) is 0 Å². The van der Waals surface area contributed by atoms with Crippen LogP contribution in [0.3, 0.4) is 0 Å². The quantitative estimate of drug-likeness (QED) is 0.463. The number of nitrogens with zero attached hydrogens (tertiary/aromatic N) is 1. The van der Waals surface area contributed by atoms with E-state index in [1.165, 1.54) is 13.2 Å². The van der Waals surface area contributed by atoms with Crippen LogP contribution >= 0.6 is 11.6 Å². The van der Waals surface area contributed by atoms with Crippen molar-refractivity contribution < 1.29 is 23.9 Å². The lowest BCUT2D eigenvalue weighted by atomic mass is 10.1. The van der Waals surface area contributed by atoms with Crippen LogP contribution in [-0.4, -0.2) is 43.0 Å². The highest BCUT2D eigenvalue weighted by Gasteiger charge is 2.35. The monoisotopic (exact) mass is 457 g/mol. The van der Waals surface area contributed by atoms with Gasteiger partial charge in [-0.15, -0.1) is 0 Å². The zero-order chi connectivity index (χ0) is 23.3. The number of carbonyl (C=O) groups excluding carboxylic acids is 3. The predicted molar refractivity (Wildman–Crippen MR) is 122 cm³/mol. The number of amides is 4. The molecule has 0 aliphatic carbocycles. The minimum absolute atomic E-state index is 0.00451. The fourth-order valence-corrected chi connectivity index (χ4v) is 3.45. The second-order valence-corrected chi connectivity index (χ2v) is 7.30. The summed E-state index contributed by atoms with van der Waals surface area (Å²) in [4.78, 5) is 38.4. The third-order valence-corrected chi connectivity index (χ3v) is 5.15. The van der Waals surface area contributed by atoms with Crippen molar-refractivity contribution in [2.75, 3.05) is 25.6 Å². The minimum Gasteiger partial charge on any atom is -0.493 e.